The lowest BCUT2D eigenvalue weighted by molar-refractivity contribution is 0.414. The van der Waals surface area contributed by atoms with Crippen molar-refractivity contribution in [3.05, 3.63) is 65.2 Å². The fraction of sp³-hybridized carbons (Fsp3) is 0.368. The van der Waals surface area contributed by atoms with E-state index in [1.165, 1.54) is 16.7 Å². The van der Waals surface area contributed by atoms with Gasteiger partial charge in [0.2, 0.25) is 0 Å². The molecule has 0 saturated carbocycles. The smallest absolute Gasteiger partial charge is 0.119 e. The highest BCUT2D eigenvalue weighted by atomic mass is 16.5. The van der Waals surface area contributed by atoms with Crippen molar-refractivity contribution in [2.24, 2.45) is 5.92 Å². The first-order valence-electron chi connectivity index (χ1n) is 7.59. The van der Waals surface area contributed by atoms with Crippen molar-refractivity contribution in [1.82, 2.24) is 5.32 Å². The fourth-order valence-electron chi connectivity index (χ4n) is 2.40. The van der Waals surface area contributed by atoms with Gasteiger partial charge in [0.25, 0.3) is 0 Å². The van der Waals surface area contributed by atoms with E-state index < -0.39 is 0 Å². The Hall–Kier alpha value is -1.80. The second-order valence-corrected chi connectivity index (χ2v) is 5.87. The van der Waals surface area contributed by atoms with Crippen LogP contribution in [0.15, 0.2) is 48.5 Å². The molecule has 0 saturated heterocycles. The molecule has 0 atom stereocenters. The normalized spacial score (nSPS) is 10.9. The van der Waals surface area contributed by atoms with Crippen LogP contribution < -0.4 is 10.1 Å². The van der Waals surface area contributed by atoms with E-state index in [0.29, 0.717) is 5.92 Å². The summed E-state index contributed by atoms with van der Waals surface area (Å²) in [5, 5.41) is 3.47. The molecule has 0 aliphatic rings. The van der Waals surface area contributed by atoms with Crippen molar-refractivity contribution in [3.8, 4) is 5.75 Å². The Kier molecular flexibility index (Phi) is 5.82. The van der Waals surface area contributed by atoms with Crippen molar-refractivity contribution in [2.45, 2.75) is 33.4 Å². The summed E-state index contributed by atoms with van der Waals surface area (Å²) in [6.45, 7) is 6.25. The first-order valence-corrected chi connectivity index (χ1v) is 7.59. The Morgan fingerprint density at radius 1 is 0.905 bits per heavy atom. The number of hydrogen-bond acceptors (Lipinski definition) is 2. The maximum absolute atomic E-state index is 5.24. The molecular weight excluding hydrogens is 258 g/mol. The minimum absolute atomic E-state index is 0.710. The molecule has 2 rings (SSSR count). The summed E-state index contributed by atoms with van der Waals surface area (Å²) < 4.78 is 5.24. The third kappa shape index (κ3) is 5.24. The van der Waals surface area contributed by atoms with E-state index >= 15 is 0 Å². The van der Waals surface area contributed by atoms with E-state index in [9.17, 15) is 0 Å². The zero-order chi connectivity index (χ0) is 15.1. The SMILES string of the molecule is COc1cccc(CNCc2ccc(CC(C)C)cc2)c1. The van der Waals surface area contributed by atoms with Gasteiger partial charge in [0.15, 0.2) is 0 Å². The van der Waals surface area contributed by atoms with Gasteiger partial charge in [0.1, 0.15) is 5.75 Å². The average Bonchev–Trinajstić information content (AvgIpc) is 2.49. The molecule has 0 heterocycles. The Labute approximate surface area is 128 Å². The van der Waals surface area contributed by atoms with Crippen LogP contribution >= 0.6 is 0 Å². The van der Waals surface area contributed by atoms with Crippen LogP contribution in [0.25, 0.3) is 0 Å². The van der Waals surface area contributed by atoms with Crippen LogP contribution in [0, 0.1) is 5.92 Å². The second-order valence-electron chi connectivity index (χ2n) is 5.87. The number of benzene rings is 2. The fourth-order valence-corrected chi connectivity index (χ4v) is 2.40. The topological polar surface area (TPSA) is 21.3 Å². The molecule has 0 fully saturated rings. The molecule has 21 heavy (non-hydrogen) atoms. The molecule has 0 bridgehead atoms. The summed E-state index contributed by atoms with van der Waals surface area (Å²) in [6, 6.07) is 17.1. The number of methoxy groups -OCH3 is 1. The number of ether oxygens (including phenoxy) is 1. The maximum atomic E-state index is 5.24. The largest absolute Gasteiger partial charge is 0.497 e. The van der Waals surface area contributed by atoms with Crippen LogP contribution in [-0.2, 0) is 19.5 Å². The molecular formula is C19H25NO. The van der Waals surface area contributed by atoms with E-state index in [-0.39, 0.29) is 0 Å². The lowest BCUT2D eigenvalue weighted by Gasteiger charge is -2.08. The van der Waals surface area contributed by atoms with E-state index in [1.807, 2.05) is 12.1 Å². The zero-order valence-corrected chi connectivity index (χ0v) is 13.2. The molecule has 0 spiro atoms. The summed E-state index contributed by atoms with van der Waals surface area (Å²) in [7, 11) is 1.70. The first kappa shape index (κ1) is 15.6. The lowest BCUT2D eigenvalue weighted by atomic mass is 10.0. The van der Waals surface area contributed by atoms with Crippen molar-refractivity contribution in [2.75, 3.05) is 7.11 Å². The third-order valence-electron chi connectivity index (χ3n) is 3.46. The quantitative estimate of drug-likeness (QED) is 0.823. The van der Waals surface area contributed by atoms with Crippen LogP contribution in [0.5, 0.6) is 5.75 Å². The van der Waals surface area contributed by atoms with Gasteiger partial charge in [0.05, 0.1) is 7.11 Å². The van der Waals surface area contributed by atoms with Gasteiger partial charge >= 0.3 is 0 Å². The molecule has 0 aliphatic carbocycles. The van der Waals surface area contributed by atoms with Crippen LogP contribution in [0.4, 0.5) is 0 Å². The van der Waals surface area contributed by atoms with Gasteiger partial charge in [-0.2, -0.15) is 0 Å². The van der Waals surface area contributed by atoms with Crippen LogP contribution in [0.1, 0.15) is 30.5 Å². The van der Waals surface area contributed by atoms with E-state index in [4.69, 9.17) is 4.74 Å². The van der Waals surface area contributed by atoms with E-state index in [2.05, 4.69) is 55.6 Å². The summed E-state index contributed by atoms with van der Waals surface area (Å²) in [5.74, 6) is 1.62. The number of hydrogen-bond donors (Lipinski definition) is 1. The number of rotatable bonds is 7. The van der Waals surface area contributed by atoms with Crippen molar-refractivity contribution in [3.63, 3.8) is 0 Å². The maximum Gasteiger partial charge on any atom is 0.119 e. The monoisotopic (exact) mass is 283 g/mol. The molecule has 112 valence electrons. The Bertz CT molecular complexity index is 546. The molecule has 2 heteroatoms. The van der Waals surface area contributed by atoms with E-state index in [0.717, 1.165) is 25.3 Å². The lowest BCUT2D eigenvalue weighted by Crippen LogP contribution is -2.12. The van der Waals surface area contributed by atoms with Gasteiger partial charge in [-0.3, -0.25) is 0 Å². The molecule has 2 aromatic carbocycles. The molecule has 2 nitrogen and oxygen atoms in total. The molecule has 0 radical (unpaired) electrons. The van der Waals surface area contributed by atoms with Crippen LogP contribution in [0.2, 0.25) is 0 Å². The molecule has 0 amide bonds. The van der Waals surface area contributed by atoms with Gasteiger partial charge in [-0.1, -0.05) is 50.2 Å². The van der Waals surface area contributed by atoms with Gasteiger partial charge in [-0.15, -0.1) is 0 Å². The first-order chi connectivity index (χ1) is 10.2. The summed E-state index contributed by atoms with van der Waals surface area (Å²) >= 11 is 0. The van der Waals surface area contributed by atoms with Crippen LogP contribution in [0.3, 0.4) is 0 Å². The third-order valence-corrected chi connectivity index (χ3v) is 3.46. The number of nitrogens with one attached hydrogen (secondary N) is 1. The highest BCUT2D eigenvalue weighted by molar-refractivity contribution is 5.28. The minimum atomic E-state index is 0.710. The second kappa shape index (κ2) is 7.84. The highest BCUT2D eigenvalue weighted by Gasteiger charge is 1.99. The molecule has 1 N–H and O–H groups in total. The molecule has 0 aromatic heterocycles. The minimum Gasteiger partial charge on any atom is -0.497 e. The van der Waals surface area contributed by atoms with Crippen molar-refractivity contribution < 1.29 is 4.74 Å². The predicted octanol–water partition coefficient (Wildman–Crippen LogP) is 4.18. The van der Waals surface area contributed by atoms with Gasteiger partial charge in [0, 0.05) is 13.1 Å². The Balaban J connectivity index is 1.82. The van der Waals surface area contributed by atoms with Gasteiger partial charge < -0.3 is 10.1 Å². The van der Waals surface area contributed by atoms with Crippen LogP contribution in [-0.4, -0.2) is 7.11 Å². The van der Waals surface area contributed by atoms with Crippen molar-refractivity contribution in [1.29, 1.82) is 0 Å². The Morgan fingerprint density at radius 3 is 2.24 bits per heavy atom. The van der Waals surface area contributed by atoms with Gasteiger partial charge in [-0.05, 0) is 41.2 Å². The average molecular weight is 283 g/mol. The van der Waals surface area contributed by atoms with E-state index in [1.54, 1.807) is 7.11 Å². The summed E-state index contributed by atoms with van der Waals surface area (Å²) in [5.41, 5.74) is 3.98. The molecule has 0 unspecified atom stereocenters. The standard InChI is InChI=1S/C19H25NO/c1-15(2)11-16-7-9-17(10-8-16)13-20-14-18-5-4-6-19(12-18)21-3/h4-10,12,15,20H,11,13-14H2,1-3H3. The Morgan fingerprint density at radius 2 is 1.57 bits per heavy atom. The highest BCUT2D eigenvalue weighted by Crippen LogP contribution is 2.13. The molecule has 2 aromatic rings. The van der Waals surface area contributed by atoms with Gasteiger partial charge in [-0.25, -0.2) is 0 Å². The molecule has 0 aliphatic heterocycles. The van der Waals surface area contributed by atoms with Crippen molar-refractivity contribution >= 4 is 0 Å². The zero-order valence-electron chi connectivity index (χ0n) is 13.2. The predicted molar refractivity (Wildman–Crippen MR) is 88.5 cm³/mol. The summed E-state index contributed by atoms with van der Waals surface area (Å²) in [6.07, 6.45) is 1.15. The summed E-state index contributed by atoms with van der Waals surface area (Å²) in [4.78, 5) is 0.